The number of piperidine rings is 1. The lowest BCUT2D eigenvalue weighted by Crippen LogP contribution is -2.42. The van der Waals surface area contributed by atoms with Crippen LogP contribution >= 0.6 is 0 Å². The quantitative estimate of drug-likeness (QED) is 0.908. The van der Waals surface area contributed by atoms with Crippen molar-refractivity contribution in [3.63, 3.8) is 0 Å². The highest BCUT2D eigenvalue weighted by atomic mass is 19.3. The molecular weight excluding hydrogens is 292 g/mol. The van der Waals surface area contributed by atoms with E-state index in [1.54, 1.807) is 4.90 Å². The normalized spacial score (nSPS) is 18.2. The maximum Gasteiger partial charge on any atom is 0.333 e. The Morgan fingerprint density at radius 1 is 1.41 bits per heavy atom. The zero-order valence-corrected chi connectivity index (χ0v) is 13.0. The van der Waals surface area contributed by atoms with E-state index < -0.39 is 12.5 Å². The van der Waals surface area contributed by atoms with Gasteiger partial charge in [0.2, 0.25) is 0 Å². The third-order valence-corrected chi connectivity index (χ3v) is 4.16. The zero-order valence-electron chi connectivity index (χ0n) is 13.0. The van der Waals surface area contributed by atoms with Crippen molar-refractivity contribution < 1.29 is 18.7 Å². The highest BCUT2D eigenvalue weighted by Gasteiger charge is 2.30. The molecule has 1 aliphatic heterocycles. The molecule has 1 fully saturated rings. The number of aliphatic hydroxyl groups excluding tert-OH is 1. The first-order valence-corrected chi connectivity index (χ1v) is 7.69. The second-order valence-corrected chi connectivity index (χ2v) is 6.27. The predicted molar refractivity (Wildman–Crippen MR) is 77.6 cm³/mol. The standard InChI is InChI=1S/C15H23F2N3O2/c1-10(2)9-13(21)11-4-7-19(8-5-11)14(22)12-3-6-18-20(12)15(16)17/h3,6,10-11,13,15,21H,4-5,7-9H2,1-2H3/t13-/m1/s1. The van der Waals surface area contributed by atoms with Crippen molar-refractivity contribution in [3.05, 3.63) is 18.0 Å². The van der Waals surface area contributed by atoms with Crippen molar-refractivity contribution in [1.29, 1.82) is 0 Å². The van der Waals surface area contributed by atoms with Crippen LogP contribution in [0.4, 0.5) is 8.78 Å². The molecule has 22 heavy (non-hydrogen) atoms. The average Bonchev–Trinajstić information content (AvgIpc) is 2.95. The summed E-state index contributed by atoms with van der Waals surface area (Å²) >= 11 is 0. The van der Waals surface area contributed by atoms with Crippen LogP contribution in [0.1, 0.15) is 50.1 Å². The Morgan fingerprint density at radius 3 is 2.59 bits per heavy atom. The fourth-order valence-electron chi connectivity index (χ4n) is 2.96. The van der Waals surface area contributed by atoms with Crippen molar-refractivity contribution in [2.45, 2.75) is 45.8 Å². The van der Waals surface area contributed by atoms with Crippen LogP contribution in [0, 0.1) is 11.8 Å². The molecule has 0 aliphatic carbocycles. The molecule has 1 aromatic rings. The Balaban J connectivity index is 1.94. The van der Waals surface area contributed by atoms with Gasteiger partial charge in [-0.2, -0.15) is 18.6 Å². The van der Waals surface area contributed by atoms with Crippen molar-refractivity contribution >= 4 is 5.91 Å². The Kier molecular flexibility index (Phi) is 5.50. The third-order valence-electron chi connectivity index (χ3n) is 4.16. The Bertz CT molecular complexity index is 497. The van der Waals surface area contributed by atoms with Gasteiger partial charge in [-0.25, -0.2) is 0 Å². The highest BCUT2D eigenvalue weighted by Crippen LogP contribution is 2.25. The number of hydrogen-bond acceptors (Lipinski definition) is 3. The van der Waals surface area contributed by atoms with Gasteiger partial charge >= 0.3 is 6.55 Å². The van der Waals surface area contributed by atoms with Crippen molar-refractivity contribution in [1.82, 2.24) is 14.7 Å². The molecule has 0 saturated carbocycles. The molecule has 1 saturated heterocycles. The number of carbonyl (C=O) groups is 1. The summed E-state index contributed by atoms with van der Waals surface area (Å²) in [7, 11) is 0. The molecule has 5 nitrogen and oxygen atoms in total. The molecule has 1 amide bonds. The van der Waals surface area contributed by atoms with Gasteiger partial charge in [-0.05, 0) is 37.2 Å². The van der Waals surface area contributed by atoms with E-state index in [0.717, 1.165) is 6.42 Å². The van der Waals surface area contributed by atoms with E-state index in [2.05, 4.69) is 18.9 Å². The number of nitrogens with zero attached hydrogens (tertiary/aromatic N) is 3. The number of alkyl halides is 2. The van der Waals surface area contributed by atoms with Gasteiger partial charge in [0.25, 0.3) is 5.91 Å². The van der Waals surface area contributed by atoms with Gasteiger partial charge in [0, 0.05) is 19.3 Å². The van der Waals surface area contributed by atoms with Crippen LogP contribution in [0.3, 0.4) is 0 Å². The van der Waals surface area contributed by atoms with Crippen LogP contribution in [0.5, 0.6) is 0 Å². The van der Waals surface area contributed by atoms with Gasteiger partial charge in [-0.3, -0.25) is 4.79 Å². The SMILES string of the molecule is CC(C)C[C@@H](O)C1CCN(C(=O)c2ccnn2C(F)F)CC1. The molecule has 0 unspecified atom stereocenters. The van der Waals surface area contributed by atoms with E-state index in [1.807, 2.05) is 0 Å². The Labute approximate surface area is 128 Å². The first-order valence-electron chi connectivity index (χ1n) is 7.69. The topological polar surface area (TPSA) is 58.4 Å². The molecule has 2 heterocycles. The Morgan fingerprint density at radius 2 is 2.05 bits per heavy atom. The molecule has 1 atom stereocenters. The van der Waals surface area contributed by atoms with Crippen molar-refractivity contribution in [3.8, 4) is 0 Å². The summed E-state index contributed by atoms with van der Waals surface area (Å²) in [5, 5.41) is 13.6. The molecule has 1 aliphatic rings. The molecular formula is C15H23F2N3O2. The molecule has 0 aromatic carbocycles. The summed E-state index contributed by atoms with van der Waals surface area (Å²) in [4.78, 5) is 13.9. The monoisotopic (exact) mass is 315 g/mol. The molecule has 0 radical (unpaired) electrons. The lowest BCUT2D eigenvalue weighted by molar-refractivity contribution is 0.0321. The first-order chi connectivity index (χ1) is 10.4. The van der Waals surface area contributed by atoms with Gasteiger partial charge in [0.05, 0.1) is 6.10 Å². The van der Waals surface area contributed by atoms with E-state index in [9.17, 15) is 18.7 Å². The van der Waals surface area contributed by atoms with Gasteiger partial charge in [0.15, 0.2) is 0 Å². The minimum Gasteiger partial charge on any atom is -0.393 e. The number of hydrogen-bond donors (Lipinski definition) is 1. The molecule has 124 valence electrons. The molecule has 2 rings (SSSR count). The Hall–Kier alpha value is -1.50. The minimum absolute atomic E-state index is 0.0869. The van der Waals surface area contributed by atoms with Crippen LogP contribution in [-0.2, 0) is 0 Å². The smallest absolute Gasteiger partial charge is 0.333 e. The third kappa shape index (κ3) is 3.82. The molecule has 7 heteroatoms. The molecule has 0 spiro atoms. The van der Waals surface area contributed by atoms with E-state index in [1.165, 1.54) is 12.3 Å². The maximum atomic E-state index is 12.8. The number of aromatic nitrogens is 2. The van der Waals surface area contributed by atoms with E-state index in [-0.39, 0.29) is 17.7 Å². The number of likely N-dealkylation sites (tertiary alicyclic amines) is 1. The maximum absolute atomic E-state index is 12.8. The zero-order chi connectivity index (χ0) is 16.3. The summed E-state index contributed by atoms with van der Waals surface area (Å²) < 4.78 is 26.0. The van der Waals surface area contributed by atoms with E-state index in [4.69, 9.17) is 0 Å². The van der Waals surface area contributed by atoms with Crippen LogP contribution in [-0.4, -0.2) is 44.9 Å². The summed E-state index contributed by atoms with van der Waals surface area (Å²) in [6, 6.07) is 1.31. The second kappa shape index (κ2) is 7.17. The lowest BCUT2D eigenvalue weighted by Gasteiger charge is -2.34. The fourth-order valence-corrected chi connectivity index (χ4v) is 2.96. The van der Waals surface area contributed by atoms with Gasteiger partial charge in [-0.15, -0.1) is 0 Å². The number of amides is 1. The summed E-state index contributed by atoms with van der Waals surface area (Å²) in [6.07, 6.45) is 2.99. The van der Waals surface area contributed by atoms with Crippen LogP contribution < -0.4 is 0 Å². The van der Waals surface area contributed by atoms with Crippen LogP contribution in [0.25, 0.3) is 0 Å². The van der Waals surface area contributed by atoms with Gasteiger partial charge in [-0.1, -0.05) is 13.8 Å². The van der Waals surface area contributed by atoms with Gasteiger partial charge in [0.1, 0.15) is 5.69 Å². The molecule has 1 aromatic heterocycles. The summed E-state index contributed by atoms with van der Waals surface area (Å²) in [6.45, 7) is 2.26. The van der Waals surface area contributed by atoms with Gasteiger partial charge < -0.3 is 10.0 Å². The number of carbonyl (C=O) groups excluding carboxylic acids is 1. The number of rotatable bonds is 5. The number of halogens is 2. The average molecular weight is 315 g/mol. The summed E-state index contributed by atoms with van der Waals surface area (Å²) in [5.74, 6) is 0.177. The second-order valence-electron chi connectivity index (χ2n) is 6.27. The lowest BCUT2D eigenvalue weighted by atomic mass is 9.87. The van der Waals surface area contributed by atoms with Crippen molar-refractivity contribution in [2.75, 3.05) is 13.1 Å². The molecule has 0 bridgehead atoms. The van der Waals surface area contributed by atoms with Crippen LogP contribution in [0.15, 0.2) is 12.3 Å². The highest BCUT2D eigenvalue weighted by molar-refractivity contribution is 5.92. The predicted octanol–water partition coefficient (Wildman–Crippen LogP) is 2.54. The van der Waals surface area contributed by atoms with Crippen molar-refractivity contribution in [2.24, 2.45) is 11.8 Å². The van der Waals surface area contributed by atoms with Crippen LogP contribution in [0.2, 0.25) is 0 Å². The fraction of sp³-hybridized carbons (Fsp3) is 0.733. The minimum atomic E-state index is -2.82. The largest absolute Gasteiger partial charge is 0.393 e. The first kappa shape index (κ1) is 16.9. The van der Waals surface area contributed by atoms with E-state index >= 15 is 0 Å². The number of aliphatic hydroxyl groups is 1. The molecule has 1 N–H and O–H groups in total. The summed E-state index contributed by atoms with van der Waals surface area (Å²) in [5.41, 5.74) is -0.0869. The van der Waals surface area contributed by atoms with E-state index in [0.29, 0.717) is 36.5 Å².